The summed E-state index contributed by atoms with van der Waals surface area (Å²) in [6, 6.07) is 13.1. The van der Waals surface area contributed by atoms with Gasteiger partial charge in [-0.2, -0.15) is 39.5 Å². The van der Waals surface area contributed by atoms with Crippen molar-refractivity contribution in [3.8, 4) is 0 Å². The summed E-state index contributed by atoms with van der Waals surface area (Å²) in [6.07, 6.45) is -9.15. The molecule has 0 aliphatic heterocycles. The van der Waals surface area contributed by atoms with Crippen molar-refractivity contribution in [2.45, 2.75) is 18.5 Å². The first-order valence-corrected chi connectivity index (χ1v) is 10.1. The number of hydrogen-bond acceptors (Lipinski definition) is 6. The van der Waals surface area contributed by atoms with Gasteiger partial charge in [-0.1, -0.05) is 18.2 Å². The Morgan fingerprint density at radius 1 is 0.475 bits per heavy atom. The molecule has 0 aliphatic carbocycles. The van der Waals surface area contributed by atoms with Gasteiger partial charge >= 0.3 is 35.3 Å². The first kappa shape index (κ1) is 35.9. The van der Waals surface area contributed by atoms with Crippen LogP contribution < -0.4 is 15.3 Å². The van der Waals surface area contributed by atoms with Crippen molar-refractivity contribution in [2.24, 2.45) is 0 Å². The molecule has 0 saturated heterocycles. The third kappa shape index (κ3) is 14.8. The standard InChI is InChI=1S/3C8H6F3NO.Co/c3*9-8(10,11)7(13)5-6-3-1-2-4-12-6;/h3*1-5,13H;/q;;;+3/p-3/b3*7-5-;. The minimum absolute atomic E-state index is 0. The first-order valence-electron chi connectivity index (χ1n) is 10.1. The fourth-order valence-corrected chi connectivity index (χ4v) is 2.03. The molecule has 0 aliphatic rings. The van der Waals surface area contributed by atoms with Crippen LogP contribution in [0.1, 0.15) is 17.1 Å². The monoisotopic (exact) mass is 623 g/mol. The summed E-state index contributed by atoms with van der Waals surface area (Å²) in [5, 5.41) is 31.2. The number of rotatable bonds is 3. The quantitative estimate of drug-likeness (QED) is 0.322. The summed E-state index contributed by atoms with van der Waals surface area (Å²) in [5.74, 6) is -5.69. The van der Waals surface area contributed by atoms with Crippen molar-refractivity contribution in [3.63, 3.8) is 0 Å². The Labute approximate surface area is 231 Å². The molecule has 3 aromatic heterocycles. The minimum Gasteiger partial charge on any atom is -0.869 e. The molecule has 0 amide bonds. The van der Waals surface area contributed by atoms with Gasteiger partial charge in [0.25, 0.3) is 0 Å². The molecule has 0 unspecified atom stereocenters. The van der Waals surface area contributed by atoms with Crippen LogP contribution in [0.5, 0.6) is 0 Å². The van der Waals surface area contributed by atoms with Crippen molar-refractivity contribution in [3.05, 3.63) is 108 Å². The molecule has 3 aromatic rings. The Kier molecular flexibility index (Phi) is 14.5. The molecule has 16 heteroatoms. The van der Waals surface area contributed by atoms with Gasteiger partial charge < -0.3 is 15.3 Å². The zero-order chi connectivity index (χ0) is 29.7. The summed E-state index contributed by atoms with van der Waals surface area (Å²) >= 11 is 0. The number of aromatic nitrogens is 3. The van der Waals surface area contributed by atoms with Gasteiger partial charge in [0, 0.05) is 18.6 Å². The van der Waals surface area contributed by atoms with Gasteiger partial charge in [-0.25, -0.2) is 0 Å². The molecule has 3 heterocycles. The molecule has 0 fully saturated rings. The summed E-state index contributed by atoms with van der Waals surface area (Å²) < 4.78 is 106. The Hall–Kier alpha value is -4.05. The number of halogens is 9. The van der Waals surface area contributed by atoms with Gasteiger partial charge in [-0.15, -0.1) is 0 Å². The SMILES string of the molecule is [Co+3].[O-]/C(=C\c1ccccn1)C(F)(F)F.[O-]/C(=C\c1ccccn1)C(F)(F)F.[O-]/C(=C\c1ccccn1)C(F)(F)F. The van der Waals surface area contributed by atoms with E-state index in [1.165, 1.54) is 55.0 Å². The number of pyridine rings is 3. The Bertz CT molecular complexity index is 1080. The van der Waals surface area contributed by atoms with Gasteiger partial charge in [0.2, 0.25) is 0 Å². The summed E-state index contributed by atoms with van der Waals surface area (Å²) in [4.78, 5) is 10.7. The van der Waals surface area contributed by atoms with Crippen molar-refractivity contribution in [1.29, 1.82) is 0 Å². The zero-order valence-corrected chi connectivity index (χ0v) is 20.5. The van der Waals surface area contributed by atoms with Crippen LogP contribution in [0, 0.1) is 0 Å². The summed E-state index contributed by atoms with van der Waals surface area (Å²) in [6.45, 7) is 0. The summed E-state index contributed by atoms with van der Waals surface area (Å²) in [7, 11) is 0. The number of allylic oxidation sites excluding steroid dienone is 3. The van der Waals surface area contributed by atoms with E-state index in [0.717, 1.165) is 0 Å². The Morgan fingerprint density at radius 3 is 0.850 bits per heavy atom. The topological polar surface area (TPSA) is 108 Å². The van der Waals surface area contributed by atoms with Crippen LogP contribution in [-0.2, 0) is 16.8 Å². The van der Waals surface area contributed by atoms with Crippen molar-refractivity contribution >= 4 is 18.2 Å². The second kappa shape index (κ2) is 16.1. The Balaban J connectivity index is 0.000000563. The van der Waals surface area contributed by atoms with E-state index >= 15 is 0 Å². The van der Waals surface area contributed by atoms with Crippen LogP contribution in [0.4, 0.5) is 39.5 Å². The van der Waals surface area contributed by atoms with Crippen molar-refractivity contribution < 1.29 is 71.6 Å². The smallest absolute Gasteiger partial charge is 0.869 e. The molecular formula is C24H15CoF9N3O3. The third-order valence-electron chi connectivity index (χ3n) is 3.74. The average molecular weight is 623 g/mol. The molecule has 216 valence electrons. The van der Waals surface area contributed by atoms with Crippen LogP contribution >= 0.6 is 0 Å². The van der Waals surface area contributed by atoms with Crippen molar-refractivity contribution in [1.82, 2.24) is 15.0 Å². The predicted octanol–water partition coefficient (Wildman–Crippen LogP) is 4.03. The van der Waals surface area contributed by atoms with Crippen LogP contribution in [0.3, 0.4) is 0 Å². The van der Waals surface area contributed by atoms with Crippen LogP contribution in [0.25, 0.3) is 18.2 Å². The largest absolute Gasteiger partial charge is 3.00 e. The van der Waals surface area contributed by atoms with E-state index in [2.05, 4.69) is 15.0 Å². The van der Waals surface area contributed by atoms with E-state index in [9.17, 15) is 54.8 Å². The number of hydrogen-bond donors (Lipinski definition) is 0. The van der Waals surface area contributed by atoms with E-state index in [1.54, 1.807) is 18.2 Å². The van der Waals surface area contributed by atoms with E-state index in [-0.39, 0.29) is 33.9 Å². The van der Waals surface area contributed by atoms with Crippen LogP contribution in [0.15, 0.2) is 90.5 Å². The maximum absolute atomic E-state index is 11.7. The van der Waals surface area contributed by atoms with Gasteiger partial charge in [0.15, 0.2) is 0 Å². The molecule has 0 aromatic carbocycles. The molecular weight excluding hydrogens is 608 g/mol. The first-order chi connectivity index (χ1) is 18.0. The van der Waals surface area contributed by atoms with E-state index in [1.807, 2.05) is 0 Å². The molecule has 0 bridgehead atoms. The van der Waals surface area contributed by atoms with Gasteiger partial charge in [-0.05, 0) is 71.9 Å². The maximum Gasteiger partial charge on any atom is 3.00 e. The molecule has 0 radical (unpaired) electrons. The van der Waals surface area contributed by atoms with Crippen LogP contribution in [-0.4, -0.2) is 33.5 Å². The fourth-order valence-electron chi connectivity index (χ4n) is 2.03. The third-order valence-corrected chi connectivity index (χ3v) is 3.74. The number of nitrogens with zero attached hydrogens (tertiary/aromatic N) is 3. The molecule has 0 N–H and O–H groups in total. The van der Waals surface area contributed by atoms with Gasteiger partial charge in [0.1, 0.15) is 0 Å². The molecule has 40 heavy (non-hydrogen) atoms. The average Bonchev–Trinajstić information content (AvgIpc) is 2.85. The second-order valence-corrected chi connectivity index (χ2v) is 6.78. The van der Waals surface area contributed by atoms with E-state index in [4.69, 9.17) is 0 Å². The molecule has 0 saturated carbocycles. The van der Waals surface area contributed by atoms with Gasteiger partial charge in [0.05, 0.1) is 17.1 Å². The minimum atomic E-state index is -4.82. The maximum atomic E-state index is 11.7. The van der Waals surface area contributed by atoms with E-state index in [0.29, 0.717) is 18.2 Å². The fraction of sp³-hybridized carbons (Fsp3) is 0.125. The van der Waals surface area contributed by atoms with Crippen LogP contribution in [0.2, 0.25) is 0 Å². The summed E-state index contributed by atoms with van der Waals surface area (Å²) in [5.41, 5.74) is 0.0134. The van der Waals surface area contributed by atoms with Crippen molar-refractivity contribution in [2.75, 3.05) is 0 Å². The second-order valence-electron chi connectivity index (χ2n) is 6.78. The Morgan fingerprint density at radius 2 is 0.700 bits per heavy atom. The normalized spacial score (nSPS) is 12.7. The molecule has 0 atom stereocenters. The molecule has 3 rings (SSSR count). The predicted molar refractivity (Wildman–Crippen MR) is 115 cm³/mol. The van der Waals surface area contributed by atoms with Gasteiger partial charge in [-0.3, -0.25) is 15.0 Å². The zero-order valence-electron chi connectivity index (χ0n) is 19.5. The van der Waals surface area contributed by atoms with E-state index < -0.39 is 35.8 Å². The molecule has 0 spiro atoms. The number of alkyl halides is 9. The molecule has 6 nitrogen and oxygen atoms in total.